The van der Waals surface area contributed by atoms with Crippen molar-refractivity contribution in [2.75, 3.05) is 27.2 Å². The molecule has 0 radical (unpaired) electrons. The standard InChI is InChI=1S/C9H11NO.C5H11NO2/c10-6-5-8-1-3-9(7-11)4-2-8;1-6-4-3-5(7)8-2/h1-4,7H,5-6,10H2;6H,3-4H2,1-2H3. The normalized spacial score (nSPS) is 9.21. The molecular formula is C14H22N2O3. The molecule has 0 aliphatic rings. The molecule has 0 aliphatic heterocycles. The SMILES string of the molecule is CNCCC(=O)OC.NCCc1ccc(C=O)cc1. The van der Waals surface area contributed by atoms with E-state index in [0.29, 0.717) is 25.1 Å². The largest absolute Gasteiger partial charge is 0.469 e. The Balaban J connectivity index is 0.000000362. The number of aldehydes is 1. The van der Waals surface area contributed by atoms with Crippen LogP contribution in [0.25, 0.3) is 0 Å². The zero-order valence-corrected chi connectivity index (χ0v) is 11.5. The highest BCUT2D eigenvalue weighted by Gasteiger charge is 1.94. The maximum absolute atomic E-state index is 10.3. The summed E-state index contributed by atoms with van der Waals surface area (Å²) in [4.78, 5) is 20.6. The van der Waals surface area contributed by atoms with Gasteiger partial charge in [0.05, 0.1) is 13.5 Å². The van der Waals surface area contributed by atoms with Crippen molar-refractivity contribution in [3.63, 3.8) is 0 Å². The number of carbonyl (C=O) groups excluding carboxylic acids is 2. The topological polar surface area (TPSA) is 81.4 Å². The van der Waals surface area contributed by atoms with Gasteiger partial charge in [-0.3, -0.25) is 9.59 Å². The number of nitrogens with two attached hydrogens (primary N) is 1. The summed E-state index contributed by atoms with van der Waals surface area (Å²) in [5.74, 6) is -0.167. The second-order valence-corrected chi connectivity index (χ2v) is 3.83. The Morgan fingerprint density at radius 1 is 1.37 bits per heavy atom. The monoisotopic (exact) mass is 266 g/mol. The van der Waals surface area contributed by atoms with Gasteiger partial charge in [-0.25, -0.2) is 0 Å². The Hall–Kier alpha value is -1.72. The lowest BCUT2D eigenvalue weighted by Crippen LogP contribution is -2.13. The van der Waals surface area contributed by atoms with Crippen LogP contribution in [0.5, 0.6) is 0 Å². The average molecular weight is 266 g/mol. The van der Waals surface area contributed by atoms with E-state index in [4.69, 9.17) is 5.73 Å². The third kappa shape index (κ3) is 8.93. The van der Waals surface area contributed by atoms with Gasteiger partial charge >= 0.3 is 5.97 Å². The van der Waals surface area contributed by atoms with E-state index in [-0.39, 0.29) is 5.97 Å². The number of esters is 1. The van der Waals surface area contributed by atoms with E-state index in [1.807, 2.05) is 12.1 Å². The van der Waals surface area contributed by atoms with Crippen LogP contribution in [0.15, 0.2) is 24.3 Å². The van der Waals surface area contributed by atoms with Crippen LogP contribution in [-0.2, 0) is 16.0 Å². The minimum absolute atomic E-state index is 0.167. The molecule has 1 aromatic carbocycles. The minimum atomic E-state index is -0.167. The van der Waals surface area contributed by atoms with Crippen molar-refractivity contribution in [1.29, 1.82) is 0 Å². The van der Waals surface area contributed by atoms with Crippen LogP contribution in [0.4, 0.5) is 0 Å². The number of ether oxygens (including phenoxy) is 1. The number of hydrogen-bond acceptors (Lipinski definition) is 5. The van der Waals surface area contributed by atoms with Crippen LogP contribution in [0, 0.1) is 0 Å². The lowest BCUT2D eigenvalue weighted by molar-refractivity contribution is -0.140. The maximum Gasteiger partial charge on any atom is 0.306 e. The van der Waals surface area contributed by atoms with Gasteiger partial charge in [-0.15, -0.1) is 0 Å². The number of carbonyl (C=O) groups is 2. The number of hydrogen-bond donors (Lipinski definition) is 2. The van der Waals surface area contributed by atoms with Gasteiger partial charge in [-0.05, 0) is 25.6 Å². The summed E-state index contributed by atoms with van der Waals surface area (Å²) in [5.41, 5.74) is 7.25. The first-order valence-corrected chi connectivity index (χ1v) is 6.13. The van der Waals surface area contributed by atoms with Crippen molar-refractivity contribution in [2.45, 2.75) is 12.8 Å². The number of rotatable bonds is 6. The molecule has 0 unspecified atom stereocenters. The fraction of sp³-hybridized carbons (Fsp3) is 0.429. The highest BCUT2D eigenvalue weighted by Crippen LogP contribution is 2.01. The lowest BCUT2D eigenvalue weighted by atomic mass is 10.1. The first kappa shape index (κ1) is 17.3. The summed E-state index contributed by atoms with van der Waals surface area (Å²) in [6, 6.07) is 7.46. The fourth-order valence-corrected chi connectivity index (χ4v) is 1.26. The predicted molar refractivity (Wildman–Crippen MR) is 75.1 cm³/mol. The fourth-order valence-electron chi connectivity index (χ4n) is 1.26. The summed E-state index contributed by atoms with van der Waals surface area (Å²) in [7, 11) is 3.18. The lowest BCUT2D eigenvalue weighted by Gasteiger charge is -1.96. The van der Waals surface area contributed by atoms with Crippen LogP contribution in [0.1, 0.15) is 22.3 Å². The summed E-state index contributed by atoms with van der Waals surface area (Å²) >= 11 is 0. The van der Waals surface area contributed by atoms with Gasteiger partial charge in [0.1, 0.15) is 6.29 Å². The Bertz CT molecular complexity index is 363. The van der Waals surface area contributed by atoms with Gasteiger partial charge in [0.2, 0.25) is 0 Å². The molecule has 3 N–H and O–H groups in total. The van der Waals surface area contributed by atoms with Crippen molar-refractivity contribution in [3.05, 3.63) is 35.4 Å². The molecule has 0 aliphatic carbocycles. The first-order valence-electron chi connectivity index (χ1n) is 6.13. The quantitative estimate of drug-likeness (QED) is 0.587. The van der Waals surface area contributed by atoms with E-state index < -0.39 is 0 Å². The van der Waals surface area contributed by atoms with Crippen molar-refractivity contribution < 1.29 is 14.3 Å². The van der Waals surface area contributed by atoms with E-state index in [0.717, 1.165) is 12.7 Å². The Morgan fingerprint density at radius 2 is 2.00 bits per heavy atom. The van der Waals surface area contributed by atoms with Crippen molar-refractivity contribution in [1.82, 2.24) is 5.32 Å². The summed E-state index contributed by atoms with van der Waals surface area (Å²) in [6.07, 6.45) is 2.17. The summed E-state index contributed by atoms with van der Waals surface area (Å²) in [6.45, 7) is 1.34. The van der Waals surface area contributed by atoms with Gasteiger partial charge in [-0.2, -0.15) is 0 Å². The highest BCUT2D eigenvalue weighted by atomic mass is 16.5. The van der Waals surface area contributed by atoms with Crippen LogP contribution in [0.3, 0.4) is 0 Å². The molecule has 19 heavy (non-hydrogen) atoms. The predicted octanol–water partition coefficient (Wildman–Crippen LogP) is 0.769. The van der Waals surface area contributed by atoms with Crippen LogP contribution in [0.2, 0.25) is 0 Å². The van der Waals surface area contributed by atoms with E-state index in [9.17, 15) is 9.59 Å². The second kappa shape index (κ2) is 11.4. The van der Waals surface area contributed by atoms with E-state index in [1.165, 1.54) is 12.7 Å². The summed E-state index contributed by atoms with van der Waals surface area (Å²) < 4.78 is 4.37. The molecule has 0 aromatic heterocycles. The molecule has 106 valence electrons. The minimum Gasteiger partial charge on any atom is -0.469 e. The molecule has 0 amide bonds. The molecular weight excluding hydrogens is 244 g/mol. The molecule has 0 saturated heterocycles. The molecule has 5 heteroatoms. The molecule has 0 bridgehead atoms. The number of nitrogens with one attached hydrogen (secondary N) is 1. The van der Waals surface area contributed by atoms with Crippen LogP contribution in [-0.4, -0.2) is 39.5 Å². The van der Waals surface area contributed by atoms with Crippen LogP contribution >= 0.6 is 0 Å². The molecule has 0 spiro atoms. The molecule has 0 atom stereocenters. The third-order valence-electron chi connectivity index (χ3n) is 2.36. The van der Waals surface area contributed by atoms with E-state index in [2.05, 4.69) is 10.1 Å². The van der Waals surface area contributed by atoms with E-state index in [1.54, 1.807) is 19.2 Å². The highest BCUT2D eigenvalue weighted by molar-refractivity contribution is 5.74. The Morgan fingerprint density at radius 3 is 2.42 bits per heavy atom. The van der Waals surface area contributed by atoms with Crippen LogP contribution < -0.4 is 11.1 Å². The first-order chi connectivity index (χ1) is 9.17. The van der Waals surface area contributed by atoms with Crippen molar-refractivity contribution in [3.8, 4) is 0 Å². The van der Waals surface area contributed by atoms with Gasteiger partial charge in [0.15, 0.2) is 0 Å². The van der Waals surface area contributed by atoms with E-state index >= 15 is 0 Å². The zero-order valence-electron chi connectivity index (χ0n) is 11.5. The molecule has 1 aromatic rings. The average Bonchev–Trinajstić information content (AvgIpc) is 2.46. The van der Waals surface area contributed by atoms with Gasteiger partial charge < -0.3 is 15.8 Å². The third-order valence-corrected chi connectivity index (χ3v) is 2.36. The summed E-state index contributed by atoms with van der Waals surface area (Å²) in [5, 5.41) is 2.83. The maximum atomic E-state index is 10.3. The van der Waals surface area contributed by atoms with Crippen molar-refractivity contribution >= 4 is 12.3 Å². The number of benzene rings is 1. The van der Waals surface area contributed by atoms with Gasteiger partial charge in [-0.1, -0.05) is 24.3 Å². The molecule has 0 heterocycles. The molecule has 0 fully saturated rings. The molecule has 1 rings (SSSR count). The van der Waals surface area contributed by atoms with Crippen molar-refractivity contribution in [2.24, 2.45) is 5.73 Å². The van der Waals surface area contributed by atoms with Gasteiger partial charge in [0, 0.05) is 12.1 Å². The zero-order chi connectivity index (χ0) is 14.5. The molecule has 0 saturated carbocycles. The smallest absolute Gasteiger partial charge is 0.306 e. The number of methoxy groups -OCH3 is 1. The second-order valence-electron chi connectivity index (χ2n) is 3.83. The Kier molecular flexibility index (Phi) is 10.3. The van der Waals surface area contributed by atoms with Gasteiger partial charge in [0.25, 0.3) is 0 Å². The Labute approximate surface area is 114 Å². The molecule has 5 nitrogen and oxygen atoms in total.